The maximum Gasteiger partial charge on any atom is 0.129 e. The molecule has 0 saturated carbocycles. The number of aliphatic hydroxyl groups excluding tert-OH is 1. The van der Waals surface area contributed by atoms with Crippen LogP contribution in [0.3, 0.4) is 0 Å². The molecule has 0 fully saturated rings. The predicted molar refractivity (Wildman–Crippen MR) is 30.4 cm³/mol. The molecule has 0 rings (SSSR count). The van der Waals surface area contributed by atoms with Crippen molar-refractivity contribution in [2.75, 3.05) is 13.6 Å². The van der Waals surface area contributed by atoms with E-state index in [4.69, 9.17) is 16.7 Å². The van der Waals surface area contributed by atoms with Gasteiger partial charge in [0.2, 0.25) is 0 Å². The summed E-state index contributed by atoms with van der Waals surface area (Å²) in [6.45, 7) is 0.769. The van der Waals surface area contributed by atoms with Gasteiger partial charge in [-0.3, -0.25) is 0 Å². The third kappa shape index (κ3) is 6.21. The summed E-state index contributed by atoms with van der Waals surface area (Å²) in [5.41, 5.74) is -0.688. The van der Waals surface area contributed by atoms with Crippen molar-refractivity contribution in [3.63, 3.8) is 0 Å². The molecule has 0 aliphatic rings. The number of rotatable bonds is 3. The fourth-order valence-electron chi connectivity index (χ4n) is 0.263. The number of aliphatic hydroxyl groups is 1. The summed E-state index contributed by atoms with van der Waals surface area (Å²) in [6.07, 6.45) is 0.609. The molecule has 0 spiro atoms. The second-order valence-electron chi connectivity index (χ2n) is 1.33. The average Bonchev–Trinajstić information content (AvgIpc) is 1.61. The summed E-state index contributed by atoms with van der Waals surface area (Å²) in [6, 6.07) is 0. The highest BCUT2D eigenvalue weighted by molar-refractivity contribution is 6.19. The lowest BCUT2D eigenvalue weighted by Crippen LogP contribution is -2.12. The fourth-order valence-corrected chi connectivity index (χ4v) is 0.373. The standard InChI is InChI=1S/C4H10ClNO/c1-6-3-2-4(5)7/h4,6-7H,2-3H2,1H3. The molecule has 0 saturated heterocycles. The van der Waals surface area contributed by atoms with Crippen molar-refractivity contribution in [2.45, 2.75) is 12.0 Å². The molecule has 1 atom stereocenters. The van der Waals surface area contributed by atoms with Crippen LogP contribution in [0, 0.1) is 0 Å². The molecule has 2 N–H and O–H groups in total. The smallest absolute Gasteiger partial charge is 0.129 e. The van der Waals surface area contributed by atoms with Gasteiger partial charge >= 0.3 is 0 Å². The van der Waals surface area contributed by atoms with Gasteiger partial charge in [-0.15, -0.1) is 0 Å². The molecule has 0 aromatic carbocycles. The number of hydrogen-bond acceptors (Lipinski definition) is 2. The highest BCUT2D eigenvalue weighted by Crippen LogP contribution is 1.92. The summed E-state index contributed by atoms with van der Waals surface area (Å²) >= 11 is 5.17. The SMILES string of the molecule is CNCCC(O)Cl. The van der Waals surface area contributed by atoms with Crippen LogP contribution in [0.25, 0.3) is 0 Å². The van der Waals surface area contributed by atoms with Gasteiger partial charge in [-0.2, -0.15) is 0 Å². The van der Waals surface area contributed by atoms with E-state index in [1.54, 1.807) is 0 Å². The van der Waals surface area contributed by atoms with Crippen molar-refractivity contribution in [2.24, 2.45) is 0 Å². The quantitative estimate of drug-likeness (QED) is 0.524. The van der Waals surface area contributed by atoms with Crippen molar-refractivity contribution in [3.8, 4) is 0 Å². The minimum atomic E-state index is -0.688. The number of alkyl halides is 1. The van der Waals surface area contributed by atoms with Crippen molar-refractivity contribution in [3.05, 3.63) is 0 Å². The molecule has 2 nitrogen and oxygen atoms in total. The Kier molecular flexibility index (Phi) is 4.50. The lowest BCUT2D eigenvalue weighted by Gasteiger charge is -1.97. The second-order valence-corrected chi connectivity index (χ2v) is 1.83. The first-order valence-corrected chi connectivity index (χ1v) is 2.67. The molecule has 0 radical (unpaired) electrons. The van der Waals surface area contributed by atoms with Gasteiger partial charge in [-0.1, -0.05) is 11.6 Å². The molecule has 0 amide bonds. The average molecular weight is 124 g/mol. The molecule has 0 heterocycles. The highest BCUT2D eigenvalue weighted by atomic mass is 35.5. The molecule has 1 unspecified atom stereocenters. The van der Waals surface area contributed by atoms with Gasteiger partial charge in [-0.05, 0) is 20.0 Å². The third-order valence-corrected chi connectivity index (χ3v) is 0.851. The normalized spacial score (nSPS) is 14.1. The van der Waals surface area contributed by atoms with Gasteiger partial charge < -0.3 is 10.4 Å². The van der Waals surface area contributed by atoms with Crippen LogP contribution >= 0.6 is 11.6 Å². The fraction of sp³-hybridized carbons (Fsp3) is 1.00. The van der Waals surface area contributed by atoms with E-state index in [1.165, 1.54) is 0 Å². The summed E-state index contributed by atoms with van der Waals surface area (Å²) in [7, 11) is 1.82. The predicted octanol–water partition coefficient (Wildman–Crippen LogP) is 0.153. The lowest BCUT2D eigenvalue weighted by atomic mass is 10.4. The van der Waals surface area contributed by atoms with Crippen LogP contribution in [-0.4, -0.2) is 24.3 Å². The molecule has 7 heavy (non-hydrogen) atoms. The molecule has 0 aliphatic heterocycles. The Morgan fingerprint density at radius 3 is 2.57 bits per heavy atom. The zero-order valence-corrected chi connectivity index (χ0v) is 5.07. The molecule has 0 bridgehead atoms. The van der Waals surface area contributed by atoms with Crippen molar-refractivity contribution in [1.29, 1.82) is 0 Å². The zero-order valence-electron chi connectivity index (χ0n) is 4.32. The Bertz CT molecular complexity index is 40.7. The molecular formula is C4H10ClNO. The number of halogens is 1. The van der Waals surface area contributed by atoms with Crippen LogP contribution in [-0.2, 0) is 0 Å². The zero-order chi connectivity index (χ0) is 5.70. The molecule has 0 aromatic rings. The van der Waals surface area contributed by atoms with E-state index < -0.39 is 5.56 Å². The van der Waals surface area contributed by atoms with Gasteiger partial charge in [-0.25, -0.2) is 0 Å². The maximum absolute atomic E-state index is 8.41. The first-order chi connectivity index (χ1) is 3.27. The highest BCUT2D eigenvalue weighted by Gasteiger charge is 1.92. The first kappa shape index (κ1) is 7.21. The lowest BCUT2D eigenvalue weighted by molar-refractivity contribution is 0.245. The molecule has 0 aromatic heterocycles. The molecule has 44 valence electrons. The first-order valence-electron chi connectivity index (χ1n) is 2.24. The van der Waals surface area contributed by atoms with Crippen LogP contribution in [0.1, 0.15) is 6.42 Å². The number of hydrogen-bond donors (Lipinski definition) is 2. The Labute approximate surface area is 48.5 Å². The summed E-state index contributed by atoms with van der Waals surface area (Å²) in [5, 5.41) is 11.3. The molecular weight excluding hydrogens is 114 g/mol. The van der Waals surface area contributed by atoms with E-state index in [0.29, 0.717) is 6.42 Å². The summed E-state index contributed by atoms with van der Waals surface area (Å²) in [5.74, 6) is 0. The van der Waals surface area contributed by atoms with Crippen LogP contribution in [0.15, 0.2) is 0 Å². The van der Waals surface area contributed by atoms with Gasteiger partial charge in [0, 0.05) is 0 Å². The Balaban J connectivity index is 2.68. The molecule has 0 aliphatic carbocycles. The van der Waals surface area contributed by atoms with Gasteiger partial charge in [0.1, 0.15) is 5.56 Å². The van der Waals surface area contributed by atoms with Crippen molar-refractivity contribution in [1.82, 2.24) is 5.32 Å². The van der Waals surface area contributed by atoms with E-state index in [0.717, 1.165) is 6.54 Å². The minimum Gasteiger partial charge on any atom is -0.378 e. The van der Waals surface area contributed by atoms with E-state index in [-0.39, 0.29) is 0 Å². The Morgan fingerprint density at radius 1 is 1.86 bits per heavy atom. The number of nitrogens with one attached hydrogen (secondary N) is 1. The minimum absolute atomic E-state index is 0.609. The Morgan fingerprint density at radius 2 is 2.43 bits per heavy atom. The topological polar surface area (TPSA) is 32.3 Å². The van der Waals surface area contributed by atoms with Crippen LogP contribution < -0.4 is 5.32 Å². The van der Waals surface area contributed by atoms with Crippen molar-refractivity contribution < 1.29 is 5.11 Å². The van der Waals surface area contributed by atoms with Crippen molar-refractivity contribution >= 4 is 11.6 Å². The van der Waals surface area contributed by atoms with Crippen LogP contribution in [0.2, 0.25) is 0 Å². The van der Waals surface area contributed by atoms with E-state index in [2.05, 4.69) is 5.32 Å². The molecule has 3 heteroatoms. The summed E-state index contributed by atoms with van der Waals surface area (Å²) < 4.78 is 0. The maximum atomic E-state index is 8.41. The van der Waals surface area contributed by atoms with E-state index in [9.17, 15) is 0 Å². The van der Waals surface area contributed by atoms with Crippen LogP contribution in [0.5, 0.6) is 0 Å². The largest absolute Gasteiger partial charge is 0.378 e. The van der Waals surface area contributed by atoms with Gasteiger partial charge in [0.25, 0.3) is 0 Å². The van der Waals surface area contributed by atoms with Gasteiger partial charge in [0.05, 0.1) is 0 Å². The third-order valence-electron chi connectivity index (χ3n) is 0.633. The van der Waals surface area contributed by atoms with E-state index in [1.807, 2.05) is 7.05 Å². The van der Waals surface area contributed by atoms with E-state index >= 15 is 0 Å². The second kappa shape index (κ2) is 4.37. The monoisotopic (exact) mass is 123 g/mol. The van der Waals surface area contributed by atoms with Gasteiger partial charge in [0.15, 0.2) is 0 Å². The summed E-state index contributed by atoms with van der Waals surface area (Å²) in [4.78, 5) is 0. The van der Waals surface area contributed by atoms with Crippen LogP contribution in [0.4, 0.5) is 0 Å². The Hall–Kier alpha value is 0.210.